The number of carbonyl (C=O) groups excluding carboxylic acids is 5. The molecule has 0 aliphatic heterocycles. The van der Waals surface area contributed by atoms with Crippen LogP contribution in [-0.2, 0) is 52.7 Å². The highest BCUT2D eigenvalue weighted by molar-refractivity contribution is 5.95. The first-order valence-corrected chi connectivity index (χ1v) is 19.4. The van der Waals surface area contributed by atoms with E-state index in [9.17, 15) is 34.2 Å². The number of benzene rings is 3. The molecule has 6 atom stereocenters. The number of hydrogen-bond donors (Lipinski definition) is 3. The van der Waals surface area contributed by atoms with Crippen LogP contribution in [0.15, 0.2) is 72.8 Å². The molecule has 0 aromatic heterocycles. The van der Waals surface area contributed by atoms with Crippen molar-refractivity contribution in [1.82, 2.24) is 20.0 Å². The van der Waals surface area contributed by atoms with Gasteiger partial charge in [-0.25, -0.2) is 4.79 Å². The van der Waals surface area contributed by atoms with Gasteiger partial charge >= 0.3 is 11.9 Å². The first kappa shape index (κ1) is 46.8. The van der Waals surface area contributed by atoms with E-state index in [0.29, 0.717) is 29.7 Å². The average Bonchev–Trinajstić information content (AvgIpc) is 3.21. The first-order valence-electron chi connectivity index (χ1n) is 19.4. The van der Waals surface area contributed by atoms with Crippen molar-refractivity contribution >= 4 is 29.7 Å². The third kappa shape index (κ3) is 12.7. The SMILES string of the molecule is CC[C@@H](C)[C@@H](OC(=O)[C@H](Cc1ccc(OC)cc1)N(C)C)C(=O)N[C@H](C(=O)N(C)[C@H](Cc1ccc(O)cc1)C(=O)N(C)[C@@H](Cc1ccc(O)cc1)C(=O)OC)C(C)C. The normalized spacial score (nSPS) is 14.3. The average molecular weight is 805 g/mol. The zero-order valence-corrected chi connectivity index (χ0v) is 35.3. The molecule has 3 N–H and O–H groups in total. The van der Waals surface area contributed by atoms with Gasteiger partial charge in [-0.3, -0.25) is 24.1 Å². The number of phenolic OH excluding ortho intramolecular Hbond substituents is 2. The zero-order valence-electron chi connectivity index (χ0n) is 35.3. The van der Waals surface area contributed by atoms with Gasteiger partial charge in [0.25, 0.3) is 5.91 Å². The number of amides is 3. The number of rotatable bonds is 20. The van der Waals surface area contributed by atoms with Crippen LogP contribution in [0.1, 0.15) is 50.8 Å². The lowest BCUT2D eigenvalue weighted by molar-refractivity contribution is -0.164. The number of esters is 2. The quantitative estimate of drug-likeness (QED) is 0.141. The van der Waals surface area contributed by atoms with Crippen molar-refractivity contribution in [3.63, 3.8) is 0 Å². The Bertz CT molecular complexity index is 1820. The van der Waals surface area contributed by atoms with Crippen molar-refractivity contribution in [3.8, 4) is 17.2 Å². The van der Waals surface area contributed by atoms with Gasteiger partial charge < -0.3 is 39.5 Å². The molecule has 3 aromatic carbocycles. The molecule has 0 saturated heterocycles. The van der Waals surface area contributed by atoms with Gasteiger partial charge in [-0.2, -0.15) is 0 Å². The highest BCUT2D eigenvalue weighted by Crippen LogP contribution is 2.22. The number of nitrogens with zero attached hydrogens (tertiary/aromatic N) is 3. The maximum absolute atomic E-state index is 14.5. The molecular weight excluding hydrogens is 745 g/mol. The van der Waals surface area contributed by atoms with Crippen LogP contribution in [0.25, 0.3) is 0 Å². The molecule has 0 heterocycles. The summed E-state index contributed by atoms with van der Waals surface area (Å²) >= 11 is 0. The number of hydrogen-bond acceptors (Lipinski definition) is 11. The Labute approximate surface area is 342 Å². The summed E-state index contributed by atoms with van der Waals surface area (Å²) in [6.07, 6.45) is -0.341. The minimum atomic E-state index is -1.23. The van der Waals surface area contributed by atoms with Crippen LogP contribution < -0.4 is 10.1 Å². The number of nitrogens with one attached hydrogen (secondary N) is 1. The van der Waals surface area contributed by atoms with Crippen LogP contribution in [0.3, 0.4) is 0 Å². The number of ether oxygens (including phenoxy) is 3. The third-order valence-corrected chi connectivity index (χ3v) is 10.5. The summed E-state index contributed by atoms with van der Waals surface area (Å²) in [5, 5.41) is 22.6. The van der Waals surface area contributed by atoms with Gasteiger partial charge in [0.2, 0.25) is 11.8 Å². The fourth-order valence-electron chi connectivity index (χ4n) is 6.43. The molecule has 0 aliphatic carbocycles. The summed E-state index contributed by atoms with van der Waals surface area (Å²) in [6, 6.07) is 15.6. The molecule has 0 fully saturated rings. The zero-order chi connectivity index (χ0) is 43.3. The monoisotopic (exact) mass is 804 g/mol. The van der Waals surface area contributed by atoms with Gasteiger partial charge in [-0.05, 0) is 85.9 Å². The van der Waals surface area contributed by atoms with Crippen LogP contribution in [0.4, 0.5) is 0 Å². The lowest BCUT2D eigenvalue weighted by Crippen LogP contribution is -2.59. The van der Waals surface area contributed by atoms with E-state index in [4.69, 9.17) is 14.2 Å². The number of phenols is 2. The van der Waals surface area contributed by atoms with E-state index in [-0.39, 0.29) is 24.3 Å². The Hall–Kier alpha value is -5.63. The van der Waals surface area contributed by atoms with Crippen LogP contribution in [0, 0.1) is 11.8 Å². The highest BCUT2D eigenvalue weighted by Gasteiger charge is 2.40. The number of likely N-dealkylation sites (N-methyl/N-ethyl adjacent to an activating group) is 3. The molecule has 0 bridgehead atoms. The smallest absolute Gasteiger partial charge is 0.328 e. The number of carbonyl (C=O) groups is 5. The van der Waals surface area contributed by atoms with Crippen molar-refractivity contribution in [1.29, 1.82) is 0 Å². The molecule has 316 valence electrons. The van der Waals surface area contributed by atoms with Crippen molar-refractivity contribution in [3.05, 3.63) is 89.5 Å². The van der Waals surface area contributed by atoms with Crippen LogP contribution in [0.5, 0.6) is 17.2 Å². The number of methoxy groups -OCH3 is 2. The summed E-state index contributed by atoms with van der Waals surface area (Å²) in [7, 11) is 9.21. The second kappa shape index (κ2) is 21.8. The molecule has 0 spiro atoms. The van der Waals surface area contributed by atoms with E-state index in [1.54, 1.807) is 83.3 Å². The Morgan fingerprint density at radius 3 is 1.52 bits per heavy atom. The van der Waals surface area contributed by atoms with E-state index in [1.165, 1.54) is 55.3 Å². The van der Waals surface area contributed by atoms with Crippen molar-refractivity contribution < 1.29 is 48.4 Å². The minimum Gasteiger partial charge on any atom is -0.508 e. The molecule has 0 unspecified atom stereocenters. The minimum absolute atomic E-state index is 0.00475. The Kier molecular flexibility index (Phi) is 17.5. The number of aromatic hydroxyl groups is 2. The van der Waals surface area contributed by atoms with Crippen molar-refractivity contribution in [2.24, 2.45) is 11.8 Å². The lowest BCUT2D eigenvalue weighted by Gasteiger charge is -2.36. The maximum Gasteiger partial charge on any atom is 0.328 e. The van der Waals surface area contributed by atoms with Gasteiger partial charge in [-0.1, -0.05) is 64.1 Å². The van der Waals surface area contributed by atoms with Gasteiger partial charge in [0, 0.05) is 32.9 Å². The molecule has 0 saturated carbocycles. The predicted molar refractivity (Wildman–Crippen MR) is 219 cm³/mol. The van der Waals surface area contributed by atoms with Crippen LogP contribution in [-0.4, -0.2) is 127 Å². The Balaban J connectivity index is 1.92. The summed E-state index contributed by atoms with van der Waals surface area (Å²) < 4.78 is 16.3. The van der Waals surface area contributed by atoms with Crippen LogP contribution in [0.2, 0.25) is 0 Å². The Morgan fingerprint density at radius 2 is 1.09 bits per heavy atom. The van der Waals surface area contributed by atoms with E-state index >= 15 is 0 Å². The van der Waals surface area contributed by atoms with E-state index in [1.807, 2.05) is 19.1 Å². The molecule has 14 nitrogen and oxygen atoms in total. The van der Waals surface area contributed by atoms with Crippen LogP contribution >= 0.6 is 0 Å². The van der Waals surface area contributed by atoms with Crippen molar-refractivity contribution in [2.75, 3.05) is 42.4 Å². The summed E-state index contributed by atoms with van der Waals surface area (Å²) in [5.41, 5.74) is 2.15. The molecule has 0 aliphatic rings. The highest BCUT2D eigenvalue weighted by atomic mass is 16.6. The third-order valence-electron chi connectivity index (χ3n) is 10.5. The predicted octanol–water partition coefficient (Wildman–Crippen LogP) is 3.99. The Morgan fingerprint density at radius 1 is 0.638 bits per heavy atom. The lowest BCUT2D eigenvalue weighted by atomic mass is 9.96. The second-order valence-corrected chi connectivity index (χ2v) is 15.2. The summed E-state index contributed by atoms with van der Waals surface area (Å²) in [5.74, 6) is -3.22. The topological polar surface area (TPSA) is 175 Å². The maximum atomic E-state index is 14.5. The molecule has 58 heavy (non-hydrogen) atoms. The molecule has 0 radical (unpaired) electrons. The van der Waals surface area contributed by atoms with Crippen molar-refractivity contribution in [2.45, 2.75) is 83.6 Å². The van der Waals surface area contributed by atoms with Gasteiger partial charge in [-0.15, -0.1) is 0 Å². The van der Waals surface area contributed by atoms with Gasteiger partial charge in [0.1, 0.15) is 41.4 Å². The largest absolute Gasteiger partial charge is 0.508 e. The molecule has 3 rings (SSSR count). The second-order valence-electron chi connectivity index (χ2n) is 15.2. The van der Waals surface area contributed by atoms with Gasteiger partial charge in [0.15, 0.2) is 6.10 Å². The summed E-state index contributed by atoms with van der Waals surface area (Å²) in [6.45, 7) is 7.18. The summed E-state index contributed by atoms with van der Waals surface area (Å²) in [4.78, 5) is 74.2. The fraction of sp³-hybridized carbons (Fsp3) is 0.477. The molecule has 3 aromatic rings. The molecule has 14 heteroatoms. The first-order chi connectivity index (χ1) is 27.4. The molecular formula is C44H60N4O10. The van der Waals surface area contributed by atoms with Gasteiger partial charge in [0.05, 0.1) is 14.2 Å². The van der Waals surface area contributed by atoms with E-state index in [2.05, 4.69) is 5.32 Å². The van der Waals surface area contributed by atoms with E-state index in [0.717, 1.165) is 5.56 Å². The fourth-order valence-corrected chi connectivity index (χ4v) is 6.43. The van der Waals surface area contributed by atoms with E-state index < -0.39 is 71.8 Å². The standard InChI is InChI=1S/C44H60N4O10/c1-11-28(4)39(58-44(55)36(46(5)6)25-31-16-22-34(56-9)23-17-31)40(51)45-38(27(2)3)42(53)47(7)35(24-29-12-18-32(49)19-13-29)41(52)48(8)37(43(54)57-10)26-30-14-20-33(50)21-15-30/h12-23,27-28,35-39,49-50H,11,24-26H2,1-10H3,(H,45,51)/t28-,35-,36+,37+,38+,39-/m1/s1. The molecule has 3 amide bonds.